The van der Waals surface area contributed by atoms with Gasteiger partial charge in [-0.15, -0.1) is 0 Å². The molecule has 0 fully saturated rings. The van der Waals surface area contributed by atoms with E-state index in [1.54, 1.807) is 0 Å². The first-order valence-electron chi connectivity index (χ1n) is 6.03. The Morgan fingerprint density at radius 2 is 1.89 bits per heavy atom. The molecule has 0 aliphatic heterocycles. The lowest BCUT2D eigenvalue weighted by atomic mass is 9.91. The minimum absolute atomic E-state index is 0.143. The number of amides is 1. The Morgan fingerprint density at radius 1 is 1.22 bits per heavy atom. The van der Waals surface area contributed by atoms with Gasteiger partial charge in [-0.1, -0.05) is 20.8 Å². The van der Waals surface area contributed by atoms with E-state index in [0.717, 1.165) is 25.0 Å². The number of hydrogen-bond acceptors (Lipinski definition) is 1. The maximum absolute atomic E-state index is 12.9. The van der Waals surface area contributed by atoms with Crippen LogP contribution in [0, 0.1) is 17.0 Å². The summed E-state index contributed by atoms with van der Waals surface area (Å²) in [6, 6.07) is 3.14. The lowest BCUT2D eigenvalue weighted by Gasteiger charge is -2.17. The summed E-state index contributed by atoms with van der Waals surface area (Å²) < 4.78 is 25.6. The highest BCUT2D eigenvalue weighted by Crippen LogP contribution is 2.19. The van der Waals surface area contributed by atoms with Crippen LogP contribution in [0.2, 0.25) is 0 Å². The second-order valence-corrected chi connectivity index (χ2v) is 5.55. The Morgan fingerprint density at radius 3 is 2.44 bits per heavy atom. The number of carbonyl (C=O) groups is 1. The summed E-state index contributed by atoms with van der Waals surface area (Å²) in [6.07, 6.45) is 1.85. The molecular weight excluding hydrogens is 236 g/mol. The van der Waals surface area contributed by atoms with Crippen molar-refractivity contribution in [2.24, 2.45) is 5.41 Å². The van der Waals surface area contributed by atoms with Gasteiger partial charge in [0.15, 0.2) is 11.6 Å². The Bertz CT molecular complexity index is 424. The highest BCUT2D eigenvalue weighted by atomic mass is 19.2. The monoisotopic (exact) mass is 255 g/mol. The van der Waals surface area contributed by atoms with E-state index in [1.807, 2.05) is 0 Å². The van der Waals surface area contributed by atoms with Crippen LogP contribution in [0.5, 0.6) is 0 Å². The second kappa shape index (κ2) is 5.94. The summed E-state index contributed by atoms with van der Waals surface area (Å²) in [5, 5.41) is 2.69. The normalized spacial score (nSPS) is 11.4. The highest BCUT2D eigenvalue weighted by molar-refractivity contribution is 5.94. The Balaban J connectivity index is 2.43. The predicted molar refractivity (Wildman–Crippen MR) is 67.4 cm³/mol. The van der Waals surface area contributed by atoms with Crippen molar-refractivity contribution in [2.45, 2.75) is 33.6 Å². The van der Waals surface area contributed by atoms with Gasteiger partial charge in [0.25, 0.3) is 5.91 Å². The molecule has 0 atom stereocenters. The molecule has 1 N–H and O–H groups in total. The van der Waals surface area contributed by atoms with E-state index >= 15 is 0 Å². The van der Waals surface area contributed by atoms with Crippen molar-refractivity contribution in [1.82, 2.24) is 5.32 Å². The van der Waals surface area contributed by atoms with Crippen LogP contribution in [0.4, 0.5) is 8.78 Å². The zero-order chi connectivity index (χ0) is 13.8. The van der Waals surface area contributed by atoms with Crippen LogP contribution in [0.25, 0.3) is 0 Å². The van der Waals surface area contributed by atoms with E-state index in [1.165, 1.54) is 6.07 Å². The third-order valence-corrected chi connectivity index (χ3v) is 2.57. The number of halogens is 2. The van der Waals surface area contributed by atoms with Gasteiger partial charge in [0.2, 0.25) is 0 Å². The molecule has 1 amide bonds. The van der Waals surface area contributed by atoms with E-state index in [2.05, 4.69) is 26.1 Å². The molecule has 0 spiro atoms. The van der Waals surface area contributed by atoms with Crippen LogP contribution in [0.3, 0.4) is 0 Å². The highest BCUT2D eigenvalue weighted by Gasteiger charge is 2.11. The van der Waals surface area contributed by atoms with E-state index in [0.29, 0.717) is 6.54 Å². The molecule has 0 heterocycles. The van der Waals surface area contributed by atoms with E-state index in [9.17, 15) is 13.6 Å². The van der Waals surface area contributed by atoms with Gasteiger partial charge in [-0.2, -0.15) is 0 Å². The Kier molecular flexibility index (Phi) is 4.82. The van der Waals surface area contributed by atoms with Crippen molar-refractivity contribution in [3.8, 4) is 0 Å². The van der Waals surface area contributed by atoms with Crippen molar-refractivity contribution in [3.05, 3.63) is 35.4 Å². The molecule has 0 unspecified atom stereocenters. The molecule has 0 saturated heterocycles. The average Bonchev–Trinajstić information content (AvgIpc) is 2.26. The predicted octanol–water partition coefficient (Wildman–Crippen LogP) is 3.52. The molecule has 1 aromatic carbocycles. The number of hydrogen-bond donors (Lipinski definition) is 1. The van der Waals surface area contributed by atoms with Crippen molar-refractivity contribution in [1.29, 1.82) is 0 Å². The van der Waals surface area contributed by atoms with Gasteiger partial charge >= 0.3 is 0 Å². The maximum atomic E-state index is 12.9. The van der Waals surface area contributed by atoms with Crippen molar-refractivity contribution >= 4 is 5.91 Å². The average molecular weight is 255 g/mol. The van der Waals surface area contributed by atoms with Crippen LogP contribution < -0.4 is 5.32 Å². The molecule has 4 heteroatoms. The first-order valence-corrected chi connectivity index (χ1v) is 6.03. The first-order chi connectivity index (χ1) is 8.29. The van der Waals surface area contributed by atoms with Gasteiger partial charge in [-0.25, -0.2) is 8.78 Å². The topological polar surface area (TPSA) is 29.1 Å². The van der Waals surface area contributed by atoms with Crippen LogP contribution >= 0.6 is 0 Å². The SMILES string of the molecule is CC(C)(C)CCCNC(=O)c1ccc(F)c(F)c1. The summed E-state index contributed by atoms with van der Waals surface area (Å²) in [5.41, 5.74) is 0.372. The van der Waals surface area contributed by atoms with Crippen LogP contribution in [-0.2, 0) is 0 Å². The van der Waals surface area contributed by atoms with Crippen molar-refractivity contribution in [3.63, 3.8) is 0 Å². The summed E-state index contributed by atoms with van der Waals surface area (Å²) in [6.45, 7) is 6.92. The maximum Gasteiger partial charge on any atom is 0.251 e. The molecule has 0 bridgehead atoms. The molecule has 0 aliphatic rings. The van der Waals surface area contributed by atoms with Crippen molar-refractivity contribution in [2.75, 3.05) is 6.54 Å². The lowest BCUT2D eigenvalue weighted by Crippen LogP contribution is -2.25. The lowest BCUT2D eigenvalue weighted by molar-refractivity contribution is 0.0951. The molecule has 0 saturated carbocycles. The van der Waals surface area contributed by atoms with Gasteiger partial charge in [-0.05, 0) is 36.5 Å². The Hall–Kier alpha value is -1.45. The first kappa shape index (κ1) is 14.6. The molecule has 0 aliphatic carbocycles. The summed E-state index contributed by atoms with van der Waals surface area (Å²) >= 11 is 0. The molecule has 1 aromatic rings. The number of nitrogens with one attached hydrogen (secondary N) is 1. The number of carbonyl (C=O) groups excluding carboxylic acids is 1. The minimum Gasteiger partial charge on any atom is -0.352 e. The van der Waals surface area contributed by atoms with Gasteiger partial charge in [0.1, 0.15) is 0 Å². The van der Waals surface area contributed by atoms with Gasteiger partial charge in [0, 0.05) is 12.1 Å². The quantitative estimate of drug-likeness (QED) is 0.819. The van der Waals surface area contributed by atoms with Crippen LogP contribution in [-0.4, -0.2) is 12.5 Å². The fourth-order valence-electron chi connectivity index (χ4n) is 1.56. The fraction of sp³-hybridized carbons (Fsp3) is 0.500. The summed E-state index contributed by atoms with van der Waals surface area (Å²) in [7, 11) is 0. The molecule has 0 aromatic heterocycles. The Labute approximate surface area is 106 Å². The number of rotatable bonds is 4. The standard InChI is InChI=1S/C14H19F2NO/c1-14(2,3)7-4-8-17-13(18)10-5-6-11(15)12(16)9-10/h5-6,9H,4,7-8H2,1-3H3,(H,17,18). The van der Waals surface area contributed by atoms with Crippen molar-refractivity contribution < 1.29 is 13.6 Å². The molecule has 100 valence electrons. The van der Waals surface area contributed by atoms with E-state index < -0.39 is 11.6 Å². The fourth-order valence-corrected chi connectivity index (χ4v) is 1.56. The zero-order valence-electron chi connectivity index (χ0n) is 11.0. The van der Waals surface area contributed by atoms with E-state index in [4.69, 9.17) is 0 Å². The molecule has 0 radical (unpaired) electrons. The van der Waals surface area contributed by atoms with Gasteiger partial charge in [0.05, 0.1) is 0 Å². The minimum atomic E-state index is -1.00. The van der Waals surface area contributed by atoms with Crippen LogP contribution in [0.15, 0.2) is 18.2 Å². The molecule has 2 nitrogen and oxygen atoms in total. The largest absolute Gasteiger partial charge is 0.352 e. The summed E-state index contributed by atoms with van der Waals surface area (Å²) in [4.78, 5) is 11.6. The third-order valence-electron chi connectivity index (χ3n) is 2.57. The summed E-state index contributed by atoms with van der Waals surface area (Å²) in [5.74, 6) is -2.32. The molecule has 1 rings (SSSR count). The van der Waals surface area contributed by atoms with Crippen LogP contribution in [0.1, 0.15) is 44.0 Å². The molecular formula is C14H19F2NO. The second-order valence-electron chi connectivity index (χ2n) is 5.55. The van der Waals surface area contributed by atoms with Gasteiger partial charge in [-0.3, -0.25) is 4.79 Å². The zero-order valence-corrected chi connectivity index (χ0v) is 11.0. The number of benzene rings is 1. The van der Waals surface area contributed by atoms with Gasteiger partial charge < -0.3 is 5.32 Å². The third kappa shape index (κ3) is 4.82. The molecule has 18 heavy (non-hydrogen) atoms. The smallest absolute Gasteiger partial charge is 0.251 e. The van der Waals surface area contributed by atoms with E-state index in [-0.39, 0.29) is 16.9 Å².